The lowest BCUT2D eigenvalue weighted by Crippen LogP contribution is -2.47. The second kappa shape index (κ2) is 8.85. The van der Waals surface area contributed by atoms with Gasteiger partial charge in [0, 0.05) is 39.3 Å². The van der Waals surface area contributed by atoms with Crippen LogP contribution in [0.2, 0.25) is 0 Å². The molecule has 2 atom stereocenters. The molecule has 2 saturated heterocycles. The second-order valence-corrected chi connectivity index (χ2v) is 8.38. The van der Waals surface area contributed by atoms with Gasteiger partial charge in [0.05, 0.1) is 0 Å². The molecule has 0 aromatic heterocycles. The van der Waals surface area contributed by atoms with Gasteiger partial charge >= 0.3 is 6.03 Å². The van der Waals surface area contributed by atoms with Crippen LogP contribution in [0.4, 0.5) is 9.18 Å². The Kier molecular flexibility index (Phi) is 6.52. The van der Waals surface area contributed by atoms with E-state index in [1.165, 1.54) is 38.2 Å². The number of likely N-dealkylation sites (tertiary alicyclic amines) is 2. The summed E-state index contributed by atoms with van der Waals surface area (Å²) in [5.74, 6) is 2.06. The van der Waals surface area contributed by atoms with Gasteiger partial charge in [-0.2, -0.15) is 0 Å². The van der Waals surface area contributed by atoms with Crippen molar-refractivity contribution in [2.24, 2.45) is 17.8 Å². The van der Waals surface area contributed by atoms with Crippen LogP contribution in [-0.2, 0) is 6.54 Å². The van der Waals surface area contributed by atoms with Crippen LogP contribution in [0, 0.1) is 23.6 Å². The third kappa shape index (κ3) is 5.44. The Balaban J connectivity index is 1.38. The third-order valence-electron chi connectivity index (χ3n) is 5.72. The van der Waals surface area contributed by atoms with Crippen molar-refractivity contribution in [3.05, 3.63) is 35.6 Å². The summed E-state index contributed by atoms with van der Waals surface area (Å²) in [6.07, 6.45) is 3.52. The number of nitrogens with zero attached hydrogens (tertiary/aromatic N) is 2. The Morgan fingerprint density at radius 3 is 2.35 bits per heavy atom. The first-order valence-electron chi connectivity index (χ1n) is 9.99. The predicted octanol–water partition coefficient (Wildman–Crippen LogP) is 3.73. The Morgan fingerprint density at radius 2 is 1.73 bits per heavy atom. The van der Waals surface area contributed by atoms with E-state index in [-0.39, 0.29) is 11.8 Å². The van der Waals surface area contributed by atoms with Crippen LogP contribution in [0.25, 0.3) is 0 Å². The maximum absolute atomic E-state index is 12.9. The van der Waals surface area contributed by atoms with Crippen LogP contribution in [0.15, 0.2) is 24.3 Å². The van der Waals surface area contributed by atoms with Gasteiger partial charge in [0.2, 0.25) is 0 Å². The molecule has 0 aliphatic carbocycles. The second-order valence-electron chi connectivity index (χ2n) is 8.38. The molecular weight excluding hydrogens is 329 g/mol. The molecule has 4 nitrogen and oxygen atoms in total. The Bertz CT molecular complexity index is 573. The summed E-state index contributed by atoms with van der Waals surface area (Å²) in [4.78, 5) is 16.9. The van der Waals surface area contributed by atoms with Gasteiger partial charge in [-0.1, -0.05) is 26.0 Å². The molecule has 144 valence electrons. The maximum Gasteiger partial charge on any atom is 0.317 e. The Morgan fingerprint density at radius 1 is 1.12 bits per heavy atom. The van der Waals surface area contributed by atoms with Crippen molar-refractivity contribution in [2.45, 2.75) is 39.7 Å². The van der Waals surface area contributed by atoms with Gasteiger partial charge < -0.3 is 15.1 Å². The van der Waals surface area contributed by atoms with Gasteiger partial charge in [-0.15, -0.1) is 0 Å². The standard InChI is InChI=1S/C21H32FN3O/c1-16-11-17(2)14-24(13-16)15-19-7-9-25(10-8-19)21(26)23-12-18-3-5-20(22)6-4-18/h3-6,16-17,19H,7-15H2,1-2H3,(H,23,26)/t16-,17-/m1/s1. The van der Waals surface area contributed by atoms with Crippen molar-refractivity contribution >= 4 is 6.03 Å². The summed E-state index contributed by atoms with van der Waals surface area (Å²) in [6, 6.07) is 6.27. The van der Waals surface area contributed by atoms with Crippen molar-refractivity contribution < 1.29 is 9.18 Å². The minimum atomic E-state index is -0.250. The quantitative estimate of drug-likeness (QED) is 0.887. The molecule has 0 unspecified atom stereocenters. The van der Waals surface area contributed by atoms with E-state index >= 15 is 0 Å². The highest BCUT2D eigenvalue weighted by molar-refractivity contribution is 5.74. The molecule has 2 amide bonds. The number of carbonyl (C=O) groups excluding carboxylic acids is 1. The number of piperidine rings is 2. The molecule has 2 aliphatic heterocycles. The van der Waals surface area contributed by atoms with Crippen molar-refractivity contribution in [3.63, 3.8) is 0 Å². The van der Waals surface area contributed by atoms with Crippen molar-refractivity contribution in [2.75, 3.05) is 32.7 Å². The minimum absolute atomic E-state index is 0.00649. The first kappa shape index (κ1) is 19.2. The molecule has 1 aromatic rings. The number of nitrogens with one attached hydrogen (secondary N) is 1. The van der Waals surface area contributed by atoms with Gasteiger partial charge in [0.15, 0.2) is 0 Å². The van der Waals surface area contributed by atoms with E-state index < -0.39 is 0 Å². The van der Waals surface area contributed by atoms with E-state index in [4.69, 9.17) is 0 Å². The van der Waals surface area contributed by atoms with E-state index in [1.807, 2.05) is 4.90 Å². The van der Waals surface area contributed by atoms with Crippen LogP contribution in [0.1, 0.15) is 38.7 Å². The zero-order valence-electron chi connectivity index (χ0n) is 16.1. The number of hydrogen-bond acceptors (Lipinski definition) is 2. The van der Waals surface area contributed by atoms with E-state index in [0.29, 0.717) is 12.5 Å². The zero-order chi connectivity index (χ0) is 18.5. The van der Waals surface area contributed by atoms with Gasteiger partial charge in [-0.3, -0.25) is 0 Å². The Hall–Kier alpha value is -1.62. The zero-order valence-corrected chi connectivity index (χ0v) is 16.1. The highest BCUT2D eigenvalue weighted by Crippen LogP contribution is 2.25. The monoisotopic (exact) mass is 361 g/mol. The van der Waals surface area contributed by atoms with Crippen molar-refractivity contribution in [3.8, 4) is 0 Å². The fourth-order valence-electron chi connectivity index (χ4n) is 4.52. The molecule has 2 aliphatic rings. The summed E-state index contributed by atoms with van der Waals surface area (Å²) in [7, 11) is 0. The summed E-state index contributed by atoms with van der Waals surface area (Å²) >= 11 is 0. The first-order chi connectivity index (χ1) is 12.5. The number of urea groups is 1. The summed E-state index contributed by atoms with van der Waals surface area (Å²) in [6.45, 7) is 10.5. The molecule has 5 heteroatoms. The first-order valence-corrected chi connectivity index (χ1v) is 9.99. The van der Waals surface area contributed by atoms with E-state index in [2.05, 4.69) is 24.1 Å². The van der Waals surface area contributed by atoms with E-state index in [1.54, 1.807) is 12.1 Å². The largest absolute Gasteiger partial charge is 0.334 e. The van der Waals surface area contributed by atoms with Crippen LogP contribution < -0.4 is 5.32 Å². The lowest BCUT2D eigenvalue weighted by molar-refractivity contribution is 0.0995. The molecule has 2 fully saturated rings. The van der Waals surface area contributed by atoms with Gasteiger partial charge in [-0.05, 0) is 54.7 Å². The van der Waals surface area contributed by atoms with E-state index in [0.717, 1.165) is 43.3 Å². The smallest absolute Gasteiger partial charge is 0.317 e. The molecule has 0 radical (unpaired) electrons. The number of rotatable bonds is 4. The van der Waals surface area contributed by atoms with E-state index in [9.17, 15) is 9.18 Å². The van der Waals surface area contributed by atoms with Crippen LogP contribution in [-0.4, -0.2) is 48.6 Å². The molecule has 1 N–H and O–H groups in total. The lowest BCUT2D eigenvalue weighted by atomic mass is 9.89. The number of halogens is 1. The number of carbonyl (C=O) groups is 1. The molecular formula is C21H32FN3O. The number of hydrogen-bond donors (Lipinski definition) is 1. The molecule has 26 heavy (non-hydrogen) atoms. The average molecular weight is 362 g/mol. The maximum atomic E-state index is 12.9. The summed E-state index contributed by atoms with van der Waals surface area (Å²) < 4.78 is 12.9. The number of amides is 2. The molecule has 0 saturated carbocycles. The molecule has 2 heterocycles. The van der Waals surface area contributed by atoms with Crippen molar-refractivity contribution in [1.29, 1.82) is 0 Å². The van der Waals surface area contributed by atoms with Gasteiger partial charge in [0.25, 0.3) is 0 Å². The minimum Gasteiger partial charge on any atom is -0.334 e. The molecule has 0 bridgehead atoms. The topological polar surface area (TPSA) is 35.6 Å². The summed E-state index contributed by atoms with van der Waals surface area (Å²) in [5.41, 5.74) is 0.919. The highest BCUT2D eigenvalue weighted by atomic mass is 19.1. The van der Waals surface area contributed by atoms with Gasteiger partial charge in [-0.25, -0.2) is 9.18 Å². The van der Waals surface area contributed by atoms with Crippen LogP contribution >= 0.6 is 0 Å². The van der Waals surface area contributed by atoms with Gasteiger partial charge in [0.1, 0.15) is 5.82 Å². The third-order valence-corrected chi connectivity index (χ3v) is 5.72. The average Bonchev–Trinajstić information content (AvgIpc) is 2.61. The van der Waals surface area contributed by atoms with Crippen molar-refractivity contribution in [1.82, 2.24) is 15.1 Å². The predicted molar refractivity (Wildman–Crippen MR) is 102 cm³/mol. The molecule has 0 spiro atoms. The van der Waals surface area contributed by atoms with Crippen LogP contribution in [0.5, 0.6) is 0 Å². The number of benzene rings is 1. The highest BCUT2D eigenvalue weighted by Gasteiger charge is 2.27. The van der Waals surface area contributed by atoms with Crippen LogP contribution in [0.3, 0.4) is 0 Å². The fourth-order valence-corrected chi connectivity index (χ4v) is 4.52. The lowest BCUT2D eigenvalue weighted by Gasteiger charge is -2.39. The summed E-state index contributed by atoms with van der Waals surface area (Å²) in [5, 5.41) is 2.95. The normalized spacial score (nSPS) is 25.3. The SMILES string of the molecule is C[C@@H]1C[C@@H](C)CN(CC2CCN(C(=O)NCc3ccc(F)cc3)CC2)C1. The fraction of sp³-hybridized carbons (Fsp3) is 0.667. The Labute approximate surface area is 156 Å². The molecule has 3 rings (SSSR count). The molecule has 1 aromatic carbocycles.